The Hall–Kier alpha value is -1.32. The molecular formula is C22H42N2O2. The summed E-state index contributed by atoms with van der Waals surface area (Å²) in [6.07, 6.45) is 7.32. The molecule has 3 N–H and O–H groups in total. The lowest BCUT2D eigenvalue weighted by atomic mass is 9.63. The highest BCUT2D eigenvalue weighted by molar-refractivity contribution is 5.87. The van der Waals surface area contributed by atoms with Gasteiger partial charge in [0.1, 0.15) is 0 Å². The molecule has 0 unspecified atom stereocenters. The van der Waals surface area contributed by atoms with E-state index >= 15 is 0 Å². The second-order valence-electron chi connectivity index (χ2n) is 8.14. The number of carbonyl (C=O) groups excluding carboxylic acids is 2. The highest BCUT2D eigenvalue weighted by atomic mass is 16.2. The van der Waals surface area contributed by atoms with Crippen LogP contribution in [0.15, 0.2) is 12.3 Å². The predicted molar refractivity (Wildman–Crippen MR) is 110 cm³/mol. The van der Waals surface area contributed by atoms with Crippen molar-refractivity contribution in [3.05, 3.63) is 12.3 Å². The Kier molecular flexibility index (Phi) is 10.2. The molecule has 1 spiro atoms. The summed E-state index contributed by atoms with van der Waals surface area (Å²) in [4.78, 5) is 22.4. The number of amides is 2. The van der Waals surface area contributed by atoms with Gasteiger partial charge in [0.05, 0.1) is 5.41 Å². The third-order valence-corrected chi connectivity index (χ3v) is 5.75. The molecule has 1 heterocycles. The molecule has 2 saturated carbocycles. The molecule has 0 bridgehead atoms. The largest absolute Gasteiger partial charge is 0.369 e. The van der Waals surface area contributed by atoms with Gasteiger partial charge in [-0.3, -0.25) is 9.59 Å². The number of primary amides is 1. The molecule has 0 atom stereocenters. The van der Waals surface area contributed by atoms with Crippen molar-refractivity contribution in [3.63, 3.8) is 0 Å². The van der Waals surface area contributed by atoms with Crippen LogP contribution in [-0.2, 0) is 9.59 Å². The number of allylic oxidation sites excluding steroid dienone is 1. The molecule has 4 nitrogen and oxygen atoms in total. The molecule has 4 heteroatoms. The Morgan fingerprint density at radius 3 is 1.81 bits per heavy atom. The molecule has 3 rings (SSSR count). The van der Waals surface area contributed by atoms with Crippen molar-refractivity contribution in [3.8, 4) is 0 Å². The third-order valence-electron chi connectivity index (χ3n) is 5.75. The maximum absolute atomic E-state index is 11.7. The predicted octanol–water partition coefficient (Wildman–Crippen LogP) is 5.18. The molecule has 3 fully saturated rings. The average molecular weight is 367 g/mol. The van der Waals surface area contributed by atoms with Crippen LogP contribution in [0.2, 0.25) is 0 Å². The molecule has 1 saturated heterocycles. The molecule has 0 aromatic carbocycles. The Morgan fingerprint density at radius 2 is 1.54 bits per heavy atom. The van der Waals surface area contributed by atoms with Crippen molar-refractivity contribution >= 4 is 11.8 Å². The second kappa shape index (κ2) is 10.7. The van der Waals surface area contributed by atoms with E-state index in [1.54, 1.807) is 0 Å². The summed E-state index contributed by atoms with van der Waals surface area (Å²) in [5.74, 6) is 1.58. The van der Waals surface area contributed by atoms with E-state index in [1.807, 2.05) is 34.6 Å². The molecule has 3 aliphatic rings. The quantitative estimate of drug-likeness (QED) is 0.671. The van der Waals surface area contributed by atoms with E-state index in [0.717, 1.165) is 43.7 Å². The first-order chi connectivity index (χ1) is 12.2. The van der Waals surface area contributed by atoms with Crippen LogP contribution < -0.4 is 11.1 Å². The summed E-state index contributed by atoms with van der Waals surface area (Å²) in [7, 11) is 0. The second-order valence-corrected chi connectivity index (χ2v) is 8.14. The van der Waals surface area contributed by atoms with Crippen molar-refractivity contribution in [1.29, 1.82) is 0 Å². The van der Waals surface area contributed by atoms with Gasteiger partial charge < -0.3 is 11.1 Å². The Morgan fingerprint density at radius 1 is 1.08 bits per heavy atom. The summed E-state index contributed by atoms with van der Waals surface area (Å²) in [6.45, 7) is 18.2. The lowest BCUT2D eigenvalue weighted by Gasteiger charge is -2.40. The molecule has 2 aliphatic carbocycles. The lowest BCUT2D eigenvalue weighted by Crippen LogP contribution is -2.44. The third kappa shape index (κ3) is 6.14. The molecule has 1 aliphatic heterocycles. The van der Waals surface area contributed by atoms with Crippen LogP contribution in [0.3, 0.4) is 0 Å². The van der Waals surface area contributed by atoms with Gasteiger partial charge in [-0.1, -0.05) is 55.0 Å². The average Bonchev–Trinajstić information content (AvgIpc) is 2.87. The van der Waals surface area contributed by atoms with Crippen LogP contribution in [0.25, 0.3) is 0 Å². The van der Waals surface area contributed by atoms with Gasteiger partial charge in [0.25, 0.3) is 0 Å². The SMILES string of the molecule is C=C1CC2(CCC(C)CC2)C(=O)N1.CC.CC.CC1CC(C)(C(N)=O)C1. The van der Waals surface area contributed by atoms with Gasteiger partial charge in [-0.2, -0.15) is 0 Å². The van der Waals surface area contributed by atoms with Gasteiger partial charge >= 0.3 is 0 Å². The Balaban J connectivity index is 0.000000422. The van der Waals surface area contributed by atoms with Gasteiger partial charge in [-0.05, 0) is 50.4 Å². The van der Waals surface area contributed by atoms with Gasteiger partial charge in [0, 0.05) is 17.5 Å². The van der Waals surface area contributed by atoms with Gasteiger partial charge in [-0.15, -0.1) is 0 Å². The maximum atomic E-state index is 11.7. The smallest absolute Gasteiger partial charge is 0.230 e. The highest BCUT2D eigenvalue weighted by Crippen LogP contribution is 2.46. The normalized spacial score (nSPS) is 34.7. The molecule has 26 heavy (non-hydrogen) atoms. The molecule has 0 aromatic heterocycles. The minimum Gasteiger partial charge on any atom is -0.369 e. The van der Waals surface area contributed by atoms with Crippen LogP contribution in [0, 0.1) is 22.7 Å². The first kappa shape index (κ1) is 24.7. The highest BCUT2D eigenvalue weighted by Gasteiger charge is 2.45. The zero-order valence-corrected chi connectivity index (χ0v) is 18.2. The van der Waals surface area contributed by atoms with E-state index in [-0.39, 0.29) is 22.6 Å². The molecule has 152 valence electrons. The molecule has 0 aromatic rings. The van der Waals surface area contributed by atoms with Crippen LogP contribution in [-0.4, -0.2) is 11.8 Å². The summed E-state index contributed by atoms with van der Waals surface area (Å²) in [6, 6.07) is 0. The van der Waals surface area contributed by atoms with E-state index in [2.05, 4.69) is 25.7 Å². The Labute approximate surface area is 161 Å². The molecular weight excluding hydrogens is 324 g/mol. The van der Waals surface area contributed by atoms with E-state index < -0.39 is 0 Å². The number of nitrogens with one attached hydrogen (secondary N) is 1. The fourth-order valence-electron chi connectivity index (χ4n) is 4.22. The zero-order valence-electron chi connectivity index (χ0n) is 18.2. The van der Waals surface area contributed by atoms with Crippen molar-refractivity contribution in [1.82, 2.24) is 5.32 Å². The van der Waals surface area contributed by atoms with E-state index in [9.17, 15) is 9.59 Å². The maximum Gasteiger partial charge on any atom is 0.230 e. The molecule has 0 radical (unpaired) electrons. The van der Waals surface area contributed by atoms with Crippen LogP contribution in [0.5, 0.6) is 0 Å². The van der Waals surface area contributed by atoms with E-state index in [4.69, 9.17) is 5.73 Å². The van der Waals surface area contributed by atoms with Crippen LogP contribution in [0.4, 0.5) is 0 Å². The van der Waals surface area contributed by atoms with E-state index in [0.29, 0.717) is 5.92 Å². The van der Waals surface area contributed by atoms with Crippen molar-refractivity contribution in [2.45, 2.75) is 93.4 Å². The monoisotopic (exact) mass is 366 g/mol. The first-order valence-electron chi connectivity index (χ1n) is 10.5. The standard InChI is InChI=1S/C11H17NO.C7H13NO.2C2H6/c1-8-3-5-11(6-4-8)7-9(2)12-10(11)13;1-5-3-7(2,4-5)6(8)9;2*1-2/h8H,2-7H2,1H3,(H,12,13);5H,3-4H2,1-2H3,(H2,8,9);2*1-2H3. The minimum atomic E-state index is -0.167. The first-order valence-corrected chi connectivity index (χ1v) is 10.5. The number of carbonyl (C=O) groups is 2. The zero-order chi connectivity index (χ0) is 20.5. The fraction of sp³-hybridized carbons (Fsp3) is 0.818. The summed E-state index contributed by atoms with van der Waals surface area (Å²) < 4.78 is 0. The van der Waals surface area contributed by atoms with Crippen molar-refractivity contribution in [2.24, 2.45) is 28.4 Å². The number of rotatable bonds is 1. The number of nitrogens with two attached hydrogens (primary N) is 1. The summed E-state index contributed by atoms with van der Waals surface area (Å²) in [5, 5.41) is 2.86. The molecule has 2 amide bonds. The van der Waals surface area contributed by atoms with E-state index in [1.165, 1.54) is 12.8 Å². The summed E-state index contributed by atoms with van der Waals surface area (Å²) >= 11 is 0. The van der Waals surface area contributed by atoms with Gasteiger partial charge in [0.2, 0.25) is 11.8 Å². The number of hydrogen-bond donors (Lipinski definition) is 2. The van der Waals surface area contributed by atoms with Gasteiger partial charge in [-0.25, -0.2) is 0 Å². The Bertz CT molecular complexity index is 471. The van der Waals surface area contributed by atoms with Crippen molar-refractivity contribution in [2.75, 3.05) is 0 Å². The van der Waals surface area contributed by atoms with Crippen LogP contribution in [0.1, 0.15) is 93.4 Å². The summed E-state index contributed by atoms with van der Waals surface area (Å²) in [5.41, 5.74) is 5.84. The van der Waals surface area contributed by atoms with Gasteiger partial charge in [0.15, 0.2) is 0 Å². The van der Waals surface area contributed by atoms with Crippen LogP contribution >= 0.6 is 0 Å². The lowest BCUT2D eigenvalue weighted by molar-refractivity contribution is -0.133. The number of hydrogen-bond acceptors (Lipinski definition) is 2. The fourth-order valence-corrected chi connectivity index (χ4v) is 4.22. The van der Waals surface area contributed by atoms with Crippen molar-refractivity contribution < 1.29 is 9.59 Å². The topological polar surface area (TPSA) is 72.2 Å². The minimum absolute atomic E-state index is 0.0659.